The third-order valence-corrected chi connectivity index (χ3v) is 3.54. The largest absolute Gasteiger partial charge is 0.492 e. The number of hydrogen-bond donors (Lipinski definition) is 2. The summed E-state index contributed by atoms with van der Waals surface area (Å²) in [6, 6.07) is 17.3. The summed E-state index contributed by atoms with van der Waals surface area (Å²) in [7, 11) is 2.02. The highest BCUT2D eigenvalue weighted by Gasteiger charge is 2.05. The lowest BCUT2D eigenvalue weighted by Crippen LogP contribution is -2.29. The number of nitrogens with one attached hydrogen (secondary N) is 2. The van der Waals surface area contributed by atoms with Crippen LogP contribution in [0.1, 0.15) is 12.5 Å². The van der Waals surface area contributed by atoms with Crippen molar-refractivity contribution in [3.8, 4) is 17.6 Å². The Morgan fingerprint density at radius 2 is 1.81 bits per heavy atom. The fourth-order valence-corrected chi connectivity index (χ4v) is 2.35. The quantitative estimate of drug-likeness (QED) is 0.752. The van der Waals surface area contributed by atoms with Gasteiger partial charge in [-0.1, -0.05) is 54.3 Å². The van der Waals surface area contributed by atoms with Gasteiger partial charge in [-0.15, -0.1) is 0 Å². The standard InChI is InChI=1S/C21H25N3O2/c1-3-26-20-14-8-7-13-19(20)23-21(25)22-15-9-10-16-24(2)17-18-11-5-4-6-12-18/h4-8,11-14H,3,15-17H2,1-2H3,(H2,22,23,25). The lowest BCUT2D eigenvalue weighted by molar-refractivity contribution is 0.253. The molecule has 2 aromatic rings. The van der Waals surface area contributed by atoms with E-state index >= 15 is 0 Å². The van der Waals surface area contributed by atoms with Gasteiger partial charge < -0.3 is 15.4 Å². The zero-order valence-electron chi connectivity index (χ0n) is 15.3. The molecule has 0 aliphatic heterocycles. The number of ether oxygens (including phenoxy) is 1. The van der Waals surface area contributed by atoms with Crippen molar-refractivity contribution in [3.05, 3.63) is 60.2 Å². The first-order valence-corrected chi connectivity index (χ1v) is 8.64. The number of rotatable bonds is 7. The topological polar surface area (TPSA) is 53.6 Å². The molecule has 0 fully saturated rings. The Bertz CT molecular complexity index is 751. The minimum Gasteiger partial charge on any atom is -0.492 e. The van der Waals surface area contributed by atoms with E-state index in [-0.39, 0.29) is 6.03 Å². The van der Waals surface area contributed by atoms with Gasteiger partial charge in [-0.3, -0.25) is 4.90 Å². The molecule has 0 heterocycles. The molecule has 0 atom stereocenters. The van der Waals surface area contributed by atoms with Gasteiger partial charge in [0.15, 0.2) is 0 Å². The Labute approximate surface area is 155 Å². The van der Waals surface area contributed by atoms with Crippen LogP contribution in [0.5, 0.6) is 5.75 Å². The molecule has 0 bridgehead atoms. The molecular formula is C21H25N3O2. The summed E-state index contributed by atoms with van der Waals surface area (Å²) in [6.07, 6.45) is 0. The zero-order chi connectivity index (χ0) is 18.6. The van der Waals surface area contributed by atoms with E-state index in [4.69, 9.17) is 4.74 Å². The average molecular weight is 351 g/mol. The highest BCUT2D eigenvalue weighted by atomic mass is 16.5. The number of carbonyl (C=O) groups excluding carboxylic acids is 1. The summed E-state index contributed by atoms with van der Waals surface area (Å²) >= 11 is 0. The van der Waals surface area contributed by atoms with Gasteiger partial charge in [0, 0.05) is 6.54 Å². The maximum atomic E-state index is 12.0. The summed E-state index contributed by atoms with van der Waals surface area (Å²) in [4.78, 5) is 14.1. The molecule has 0 radical (unpaired) electrons. The Morgan fingerprint density at radius 3 is 2.58 bits per heavy atom. The van der Waals surface area contributed by atoms with Gasteiger partial charge >= 0.3 is 6.03 Å². The number of nitrogens with zero attached hydrogens (tertiary/aromatic N) is 1. The van der Waals surface area contributed by atoms with Crippen molar-refractivity contribution in [2.75, 3.05) is 32.1 Å². The molecule has 0 aliphatic rings. The monoisotopic (exact) mass is 351 g/mol. The third-order valence-electron chi connectivity index (χ3n) is 3.54. The van der Waals surface area contributed by atoms with Gasteiger partial charge in [0.25, 0.3) is 0 Å². The first kappa shape index (κ1) is 19.4. The number of anilines is 1. The number of carbonyl (C=O) groups is 1. The fourth-order valence-electron chi connectivity index (χ4n) is 2.35. The molecule has 5 heteroatoms. The summed E-state index contributed by atoms with van der Waals surface area (Å²) in [5, 5.41) is 5.50. The minimum absolute atomic E-state index is 0.293. The van der Waals surface area contributed by atoms with Crippen molar-refractivity contribution in [1.82, 2.24) is 10.2 Å². The van der Waals surface area contributed by atoms with Crippen molar-refractivity contribution in [3.63, 3.8) is 0 Å². The van der Waals surface area contributed by atoms with Crippen LogP contribution in [0, 0.1) is 11.8 Å². The highest BCUT2D eigenvalue weighted by Crippen LogP contribution is 2.23. The second kappa shape index (κ2) is 10.8. The normalized spacial score (nSPS) is 9.96. The van der Waals surface area contributed by atoms with E-state index in [1.54, 1.807) is 6.07 Å². The molecule has 2 rings (SSSR count). The predicted molar refractivity (Wildman–Crippen MR) is 105 cm³/mol. The van der Waals surface area contributed by atoms with Crippen molar-refractivity contribution >= 4 is 11.7 Å². The molecule has 0 saturated heterocycles. The van der Waals surface area contributed by atoms with Gasteiger partial charge in [-0.2, -0.15) is 0 Å². The molecule has 0 spiro atoms. The number of hydrogen-bond acceptors (Lipinski definition) is 3. The van der Waals surface area contributed by atoms with E-state index in [0.29, 0.717) is 31.1 Å². The number of para-hydroxylation sites is 2. The van der Waals surface area contributed by atoms with Crippen molar-refractivity contribution < 1.29 is 9.53 Å². The predicted octanol–water partition coefficient (Wildman–Crippen LogP) is 3.34. The molecule has 2 amide bonds. The molecule has 0 aromatic heterocycles. The highest BCUT2D eigenvalue weighted by molar-refractivity contribution is 5.91. The first-order chi connectivity index (χ1) is 12.7. The van der Waals surface area contributed by atoms with E-state index < -0.39 is 0 Å². The number of amides is 2. The number of benzene rings is 2. The van der Waals surface area contributed by atoms with Crippen LogP contribution in [0.3, 0.4) is 0 Å². The van der Waals surface area contributed by atoms with Crippen LogP contribution in [-0.4, -0.2) is 37.7 Å². The Kier molecular flexibility index (Phi) is 8.04. The van der Waals surface area contributed by atoms with E-state index in [1.165, 1.54) is 5.56 Å². The maximum Gasteiger partial charge on any atom is 0.320 e. The molecular weight excluding hydrogens is 326 g/mol. The number of urea groups is 1. The molecule has 0 unspecified atom stereocenters. The van der Waals surface area contributed by atoms with Crippen LogP contribution in [-0.2, 0) is 6.54 Å². The van der Waals surface area contributed by atoms with Crippen LogP contribution >= 0.6 is 0 Å². The molecule has 5 nitrogen and oxygen atoms in total. The van der Waals surface area contributed by atoms with Gasteiger partial charge in [0.1, 0.15) is 5.75 Å². The van der Waals surface area contributed by atoms with E-state index in [0.717, 1.165) is 6.54 Å². The van der Waals surface area contributed by atoms with Crippen LogP contribution in [0.2, 0.25) is 0 Å². The van der Waals surface area contributed by atoms with Crippen LogP contribution < -0.4 is 15.4 Å². The van der Waals surface area contributed by atoms with Gasteiger partial charge in [-0.05, 0) is 31.7 Å². The molecule has 0 aliphatic carbocycles. The van der Waals surface area contributed by atoms with E-state index in [1.807, 2.05) is 50.4 Å². The summed E-state index contributed by atoms with van der Waals surface area (Å²) in [6.45, 7) is 4.23. The van der Waals surface area contributed by atoms with Crippen LogP contribution in [0.25, 0.3) is 0 Å². The molecule has 2 N–H and O–H groups in total. The maximum absolute atomic E-state index is 12.0. The summed E-state index contributed by atoms with van der Waals surface area (Å²) in [5.74, 6) is 6.68. The molecule has 0 saturated carbocycles. The SMILES string of the molecule is CCOc1ccccc1NC(=O)NCC#CCN(C)Cc1ccccc1. The second-order valence-electron chi connectivity index (χ2n) is 5.75. The molecule has 2 aromatic carbocycles. The Hall–Kier alpha value is -2.97. The zero-order valence-corrected chi connectivity index (χ0v) is 15.3. The average Bonchev–Trinajstić information content (AvgIpc) is 2.64. The van der Waals surface area contributed by atoms with Gasteiger partial charge in [0.05, 0.1) is 25.4 Å². The second-order valence-corrected chi connectivity index (χ2v) is 5.75. The van der Waals surface area contributed by atoms with Crippen molar-refractivity contribution in [1.29, 1.82) is 0 Å². The Balaban J connectivity index is 1.71. The first-order valence-electron chi connectivity index (χ1n) is 8.64. The minimum atomic E-state index is -0.302. The fraction of sp³-hybridized carbons (Fsp3) is 0.286. The lowest BCUT2D eigenvalue weighted by Gasteiger charge is -2.12. The summed E-state index contributed by atoms with van der Waals surface area (Å²) in [5.41, 5.74) is 1.89. The Morgan fingerprint density at radius 1 is 1.08 bits per heavy atom. The summed E-state index contributed by atoms with van der Waals surface area (Å²) < 4.78 is 5.48. The lowest BCUT2D eigenvalue weighted by atomic mass is 10.2. The van der Waals surface area contributed by atoms with E-state index in [9.17, 15) is 4.79 Å². The van der Waals surface area contributed by atoms with Gasteiger partial charge in [0.2, 0.25) is 0 Å². The smallest absolute Gasteiger partial charge is 0.320 e. The van der Waals surface area contributed by atoms with Crippen molar-refractivity contribution in [2.45, 2.75) is 13.5 Å². The van der Waals surface area contributed by atoms with Crippen molar-refractivity contribution in [2.24, 2.45) is 0 Å². The van der Waals surface area contributed by atoms with Crippen LogP contribution in [0.4, 0.5) is 10.5 Å². The molecule has 26 heavy (non-hydrogen) atoms. The molecule has 136 valence electrons. The van der Waals surface area contributed by atoms with E-state index in [2.05, 4.69) is 39.5 Å². The third kappa shape index (κ3) is 6.88. The van der Waals surface area contributed by atoms with Crippen LogP contribution in [0.15, 0.2) is 54.6 Å². The van der Waals surface area contributed by atoms with Gasteiger partial charge in [-0.25, -0.2) is 4.79 Å².